The number of methoxy groups -OCH3 is 1. The Kier molecular flexibility index (Phi) is 6.02. The highest BCUT2D eigenvalue weighted by Gasteiger charge is 2.22. The molecule has 3 aromatic rings. The highest BCUT2D eigenvalue weighted by Crippen LogP contribution is 2.23. The van der Waals surface area contributed by atoms with Gasteiger partial charge >= 0.3 is 5.97 Å². The van der Waals surface area contributed by atoms with E-state index in [9.17, 15) is 14.4 Å². The summed E-state index contributed by atoms with van der Waals surface area (Å²) in [5.74, 6) is -0.531. The molecule has 0 atom stereocenters. The highest BCUT2D eigenvalue weighted by atomic mass is 16.5. The second kappa shape index (κ2) is 9.05. The third-order valence-corrected chi connectivity index (χ3v) is 5.44. The number of para-hydroxylation sites is 1. The van der Waals surface area contributed by atoms with E-state index in [1.165, 1.54) is 28.9 Å². The maximum absolute atomic E-state index is 12.8. The lowest BCUT2D eigenvalue weighted by molar-refractivity contribution is -0.116. The van der Waals surface area contributed by atoms with Crippen LogP contribution in [0.4, 0.5) is 11.6 Å². The molecule has 1 N–H and O–H groups in total. The number of rotatable bonds is 5. The van der Waals surface area contributed by atoms with E-state index in [1.807, 2.05) is 17.0 Å². The molecular weight excluding hydrogens is 408 g/mol. The second-order valence-electron chi connectivity index (χ2n) is 7.65. The summed E-state index contributed by atoms with van der Waals surface area (Å²) >= 11 is 0. The fourth-order valence-electron chi connectivity index (χ4n) is 3.88. The van der Waals surface area contributed by atoms with Crippen LogP contribution in [0.3, 0.4) is 0 Å². The molecule has 2 heterocycles. The molecule has 4 rings (SSSR count). The number of fused-ring (bicyclic) bond motifs is 1. The topological polar surface area (TPSA) is 93.5 Å². The van der Waals surface area contributed by atoms with E-state index in [2.05, 4.69) is 22.4 Å². The van der Waals surface area contributed by atoms with Crippen LogP contribution in [0.5, 0.6) is 0 Å². The summed E-state index contributed by atoms with van der Waals surface area (Å²) in [5, 5.41) is 2.72. The Balaban J connectivity index is 1.61. The average Bonchev–Trinajstić information content (AvgIpc) is 2.80. The van der Waals surface area contributed by atoms with E-state index in [-0.39, 0.29) is 17.7 Å². The zero-order valence-electron chi connectivity index (χ0n) is 18.0. The first-order valence-electron chi connectivity index (χ1n) is 10.3. The molecule has 2 aromatic carbocycles. The van der Waals surface area contributed by atoms with E-state index in [0.717, 1.165) is 6.42 Å². The Labute approximate surface area is 185 Å². The number of nitrogens with zero attached hydrogens (tertiary/aromatic N) is 3. The summed E-state index contributed by atoms with van der Waals surface area (Å²) < 4.78 is 6.15. The number of nitrogens with one attached hydrogen (secondary N) is 1. The van der Waals surface area contributed by atoms with Crippen molar-refractivity contribution in [2.75, 3.05) is 23.9 Å². The third kappa shape index (κ3) is 4.39. The van der Waals surface area contributed by atoms with Crippen LogP contribution in [0.25, 0.3) is 0 Å². The zero-order chi connectivity index (χ0) is 22.7. The van der Waals surface area contributed by atoms with E-state index in [4.69, 9.17) is 4.74 Å². The van der Waals surface area contributed by atoms with E-state index in [0.29, 0.717) is 30.4 Å². The van der Waals surface area contributed by atoms with Crippen molar-refractivity contribution in [1.82, 2.24) is 9.55 Å². The van der Waals surface area contributed by atoms with Crippen LogP contribution in [-0.4, -0.2) is 35.1 Å². The minimum atomic E-state index is -0.553. The van der Waals surface area contributed by atoms with Crippen LogP contribution >= 0.6 is 0 Å². The Bertz CT molecular complexity index is 1230. The van der Waals surface area contributed by atoms with Crippen molar-refractivity contribution < 1.29 is 14.3 Å². The number of benzene rings is 2. The van der Waals surface area contributed by atoms with E-state index < -0.39 is 11.9 Å². The van der Waals surface area contributed by atoms with Gasteiger partial charge in [-0.05, 0) is 36.6 Å². The molecule has 0 fully saturated rings. The van der Waals surface area contributed by atoms with Gasteiger partial charge in [0.25, 0.3) is 5.56 Å². The monoisotopic (exact) mass is 432 g/mol. The maximum atomic E-state index is 12.8. The number of carbonyl (C=O) groups is 2. The molecule has 0 radical (unpaired) electrons. The first-order valence-corrected chi connectivity index (χ1v) is 10.3. The summed E-state index contributed by atoms with van der Waals surface area (Å²) in [5.41, 5.74) is 3.32. The summed E-state index contributed by atoms with van der Waals surface area (Å²) in [6, 6.07) is 16.2. The van der Waals surface area contributed by atoms with Crippen LogP contribution in [0, 0.1) is 6.92 Å². The number of hydrogen-bond acceptors (Lipinski definition) is 6. The van der Waals surface area contributed by atoms with E-state index >= 15 is 0 Å². The molecule has 32 heavy (non-hydrogen) atoms. The van der Waals surface area contributed by atoms with Gasteiger partial charge in [0.2, 0.25) is 11.9 Å². The molecule has 1 amide bonds. The second-order valence-corrected chi connectivity index (χ2v) is 7.65. The number of hydrogen-bond donors (Lipinski definition) is 1. The SMILES string of the molecule is COC(=O)c1ccccc1NC(=O)Cn1c(N2CCc3ccccc3C2)nc(C)cc1=O. The molecule has 8 heteroatoms. The number of aromatic nitrogens is 2. The lowest BCUT2D eigenvalue weighted by Gasteiger charge is -2.31. The molecule has 8 nitrogen and oxygen atoms in total. The van der Waals surface area contributed by atoms with Crippen molar-refractivity contribution in [3.63, 3.8) is 0 Å². The predicted molar refractivity (Wildman–Crippen MR) is 121 cm³/mol. The van der Waals surface area contributed by atoms with Crippen molar-refractivity contribution in [1.29, 1.82) is 0 Å². The highest BCUT2D eigenvalue weighted by molar-refractivity contribution is 6.01. The van der Waals surface area contributed by atoms with Gasteiger partial charge in [0.05, 0.1) is 18.4 Å². The molecule has 0 spiro atoms. The smallest absolute Gasteiger partial charge is 0.339 e. The Hall–Kier alpha value is -3.94. The lowest BCUT2D eigenvalue weighted by atomic mass is 10.0. The van der Waals surface area contributed by atoms with Crippen molar-refractivity contribution in [3.8, 4) is 0 Å². The molecule has 1 aliphatic rings. The summed E-state index contributed by atoms with van der Waals surface area (Å²) in [6.07, 6.45) is 0.832. The number of ether oxygens (including phenoxy) is 1. The largest absolute Gasteiger partial charge is 0.465 e. The normalized spacial score (nSPS) is 12.8. The van der Waals surface area contributed by atoms with Crippen LogP contribution in [0.1, 0.15) is 27.2 Å². The number of carbonyl (C=O) groups excluding carboxylic acids is 2. The Morgan fingerprint density at radius 3 is 2.59 bits per heavy atom. The standard InChI is InChI=1S/C24H24N4O4/c1-16-13-22(30)28(15-21(29)26-20-10-6-5-9-19(20)23(31)32-2)24(25-16)27-12-11-17-7-3-4-8-18(17)14-27/h3-10,13H,11-12,14-15H2,1-2H3,(H,26,29). The number of anilines is 2. The number of amides is 1. The third-order valence-electron chi connectivity index (χ3n) is 5.44. The van der Waals surface area contributed by atoms with Gasteiger partial charge in [-0.25, -0.2) is 9.78 Å². The number of esters is 1. The van der Waals surface area contributed by atoms with Crippen LogP contribution in [0.15, 0.2) is 59.4 Å². The molecule has 0 unspecified atom stereocenters. The molecule has 0 aliphatic carbocycles. The average molecular weight is 432 g/mol. The minimum Gasteiger partial charge on any atom is -0.465 e. The molecule has 164 valence electrons. The van der Waals surface area contributed by atoms with Crippen LogP contribution < -0.4 is 15.8 Å². The predicted octanol–water partition coefficient (Wildman–Crippen LogP) is 2.54. The molecule has 0 bridgehead atoms. The first kappa shape index (κ1) is 21.3. The molecule has 0 saturated heterocycles. The quantitative estimate of drug-likeness (QED) is 0.623. The first-order chi connectivity index (χ1) is 15.5. The molecule has 1 aliphatic heterocycles. The van der Waals surface area contributed by atoms with E-state index in [1.54, 1.807) is 31.2 Å². The fraction of sp³-hybridized carbons (Fsp3) is 0.250. The molecule has 1 aromatic heterocycles. The van der Waals surface area contributed by atoms with Crippen LogP contribution in [-0.2, 0) is 29.0 Å². The van der Waals surface area contributed by atoms with Crippen molar-refractivity contribution in [2.24, 2.45) is 0 Å². The van der Waals surface area contributed by atoms with Gasteiger partial charge in [-0.15, -0.1) is 0 Å². The lowest BCUT2D eigenvalue weighted by Crippen LogP contribution is -2.38. The summed E-state index contributed by atoms with van der Waals surface area (Å²) in [4.78, 5) is 44.2. The van der Waals surface area contributed by atoms with Gasteiger partial charge in [-0.1, -0.05) is 36.4 Å². The molecular formula is C24H24N4O4. The molecule has 0 saturated carbocycles. The van der Waals surface area contributed by atoms with Gasteiger partial charge in [0.1, 0.15) is 6.54 Å². The number of aryl methyl sites for hydroxylation is 1. The zero-order valence-corrected chi connectivity index (χ0v) is 18.0. The maximum Gasteiger partial charge on any atom is 0.339 e. The summed E-state index contributed by atoms with van der Waals surface area (Å²) in [7, 11) is 1.28. The minimum absolute atomic E-state index is 0.227. The van der Waals surface area contributed by atoms with Gasteiger partial charge in [-0.2, -0.15) is 0 Å². The van der Waals surface area contributed by atoms with Crippen molar-refractivity contribution in [3.05, 3.63) is 87.3 Å². The van der Waals surface area contributed by atoms with Crippen LogP contribution in [0.2, 0.25) is 0 Å². The Morgan fingerprint density at radius 1 is 1.09 bits per heavy atom. The summed E-state index contributed by atoms with van der Waals surface area (Å²) in [6.45, 7) is 2.84. The van der Waals surface area contributed by atoms with Crippen molar-refractivity contribution in [2.45, 2.75) is 26.4 Å². The van der Waals surface area contributed by atoms with Gasteiger partial charge < -0.3 is 15.0 Å². The van der Waals surface area contributed by atoms with Crippen molar-refractivity contribution >= 4 is 23.5 Å². The van der Waals surface area contributed by atoms with Gasteiger partial charge in [0.15, 0.2) is 0 Å². The van der Waals surface area contributed by atoms with Gasteiger partial charge in [0, 0.05) is 24.8 Å². The fourth-order valence-corrected chi connectivity index (χ4v) is 3.88. The Morgan fingerprint density at radius 2 is 1.81 bits per heavy atom. The van der Waals surface area contributed by atoms with Gasteiger partial charge in [-0.3, -0.25) is 14.2 Å².